The number of aldehydes is 1. The topological polar surface area (TPSA) is 247 Å². The number of amides is 2. The predicted octanol–water partition coefficient (Wildman–Crippen LogP) is -1.78. The fourth-order valence-electron chi connectivity index (χ4n) is 3.06. The lowest BCUT2D eigenvalue weighted by molar-refractivity contribution is -0.137. The van der Waals surface area contributed by atoms with Gasteiger partial charge in [-0.25, -0.2) is 13.1 Å². The van der Waals surface area contributed by atoms with Gasteiger partial charge in [0, 0.05) is 18.5 Å². The van der Waals surface area contributed by atoms with Gasteiger partial charge < -0.3 is 37.3 Å². The molecule has 0 aliphatic rings. The van der Waals surface area contributed by atoms with Gasteiger partial charge in [0.15, 0.2) is 0 Å². The standard InChI is InChI=1S/C22H33N7O7S/c1-14(23)26-10-2-3-17(12-30)28-19(31)11-27-22(34)18(8-9-20(32)33)29-37(35,36)13-15-4-6-16(7-5-15)21(24)25/h4-7,12,17-18,26,29H,1-3,8-11,13,23H2,(H3,24,25)(H,27,34)(H,28,31)(H,32,33)/t17-,18-/m0/s1. The van der Waals surface area contributed by atoms with Gasteiger partial charge in [-0.15, -0.1) is 0 Å². The maximum absolute atomic E-state index is 12.6. The maximum Gasteiger partial charge on any atom is 0.303 e. The van der Waals surface area contributed by atoms with E-state index in [2.05, 4.69) is 27.3 Å². The lowest BCUT2D eigenvalue weighted by Crippen LogP contribution is -2.50. The van der Waals surface area contributed by atoms with Gasteiger partial charge in [-0.05, 0) is 24.8 Å². The van der Waals surface area contributed by atoms with E-state index in [0.29, 0.717) is 36.8 Å². The molecule has 10 N–H and O–H groups in total. The number of hydrogen-bond donors (Lipinski definition) is 8. The van der Waals surface area contributed by atoms with Crippen LogP contribution >= 0.6 is 0 Å². The second-order valence-electron chi connectivity index (χ2n) is 8.09. The van der Waals surface area contributed by atoms with Crippen molar-refractivity contribution in [1.29, 1.82) is 5.41 Å². The predicted molar refractivity (Wildman–Crippen MR) is 135 cm³/mol. The number of carbonyl (C=O) groups excluding carboxylic acids is 3. The Morgan fingerprint density at radius 2 is 1.76 bits per heavy atom. The zero-order valence-electron chi connectivity index (χ0n) is 20.2. The normalized spacial score (nSPS) is 12.5. The molecule has 1 rings (SSSR count). The number of carboxylic acid groups (broad SMARTS) is 1. The minimum atomic E-state index is -4.10. The highest BCUT2D eigenvalue weighted by Gasteiger charge is 2.26. The molecule has 0 aromatic heterocycles. The summed E-state index contributed by atoms with van der Waals surface area (Å²) in [5.74, 6) is -3.26. The van der Waals surface area contributed by atoms with Gasteiger partial charge in [0.25, 0.3) is 0 Å². The number of sulfonamides is 1. The van der Waals surface area contributed by atoms with Crippen LogP contribution in [0, 0.1) is 5.41 Å². The Balaban J connectivity index is 2.72. The maximum atomic E-state index is 12.6. The van der Waals surface area contributed by atoms with Crippen LogP contribution in [0.3, 0.4) is 0 Å². The molecule has 1 aromatic rings. The van der Waals surface area contributed by atoms with Gasteiger partial charge in [0.1, 0.15) is 18.2 Å². The highest BCUT2D eigenvalue weighted by molar-refractivity contribution is 7.88. The number of hydrogen-bond acceptors (Lipinski definition) is 9. The number of nitrogens with one attached hydrogen (secondary N) is 5. The molecule has 0 radical (unpaired) electrons. The lowest BCUT2D eigenvalue weighted by atomic mass is 10.1. The number of aliphatic carboxylic acids is 1. The van der Waals surface area contributed by atoms with Gasteiger partial charge in [0.2, 0.25) is 21.8 Å². The monoisotopic (exact) mass is 539 g/mol. The van der Waals surface area contributed by atoms with Gasteiger partial charge >= 0.3 is 5.97 Å². The molecule has 0 saturated heterocycles. The van der Waals surface area contributed by atoms with Crippen LogP contribution in [0.2, 0.25) is 0 Å². The van der Waals surface area contributed by atoms with E-state index in [4.69, 9.17) is 22.0 Å². The van der Waals surface area contributed by atoms with E-state index in [1.807, 2.05) is 0 Å². The molecule has 204 valence electrons. The minimum absolute atomic E-state index is 0.184. The molecule has 15 heteroatoms. The molecule has 14 nitrogen and oxygen atoms in total. The summed E-state index contributed by atoms with van der Waals surface area (Å²) in [6.07, 6.45) is 0.489. The quantitative estimate of drug-likeness (QED) is 0.0451. The van der Waals surface area contributed by atoms with Crippen LogP contribution in [0.15, 0.2) is 36.7 Å². The van der Waals surface area contributed by atoms with Crippen molar-refractivity contribution in [3.8, 4) is 0 Å². The molecular formula is C22H33N7O7S. The van der Waals surface area contributed by atoms with E-state index >= 15 is 0 Å². The molecule has 0 aliphatic carbocycles. The molecule has 2 amide bonds. The fraction of sp³-hybridized carbons (Fsp3) is 0.409. The number of amidine groups is 1. The lowest BCUT2D eigenvalue weighted by Gasteiger charge is -2.19. The van der Waals surface area contributed by atoms with Crippen molar-refractivity contribution in [2.45, 2.75) is 43.5 Å². The van der Waals surface area contributed by atoms with Crippen LogP contribution in [0.4, 0.5) is 0 Å². The largest absolute Gasteiger partial charge is 0.481 e. The van der Waals surface area contributed by atoms with Crippen LogP contribution in [-0.4, -0.2) is 68.6 Å². The van der Waals surface area contributed by atoms with Crippen LogP contribution < -0.4 is 32.1 Å². The average Bonchev–Trinajstić information content (AvgIpc) is 2.81. The van der Waals surface area contributed by atoms with Crippen LogP contribution in [0.25, 0.3) is 0 Å². The van der Waals surface area contributed by atoms with Crippen LogP contribution in [-0.2, 0) is 35.0 Å². The first-order chi connectivity index (χ1) is 17.3. The summed E-state index contributed by atoms with van der Waals surface area (Å²) in [6, 6.07) is 3.59. The Labute approximate surface area is 214 Å². The summed E-state index contributed by atoms with van der Waals surface area (Å²) in [5.41, 5.74) is 11.5. The summed E-state index contributed by atoms with van der Waals surface area (Å²) < 4.78 is 27.4. The zero-order chi connectivity index (χ0) is 28.0. The highest BCUT2D eigenvalue weighted by Crippen LogP contribution is 2.09. The summed E-state index contributed by atoms with van der Waals surface area (Å²) in [7, 11) is -4.10. The van der Waals surface area contributed by atoms with Crippen molar-refractivity contribution < 1.29 is 32.7 Å². The van der Waals surface area contributed by atoms with Crippen molar-refractivity contribution in [3.05, 3.63) is 47.8 Å². The van der Waals surface area contributed by atoms with Crippen LogP contribution in [0.1, 0.15) is 36.8 Å². The van der Waals surface area contributed by atoms with Crippen LogP contribution in [0.5, 0.6) is 0 Å². The Morgan fingerprint density at radius 1 is 1.11 bits per heavy atom. The molecule has 2 atom stereocenters. The minimum Gasteiger partial charge on any atom is -0.481 e. The van der Waals surface area contributed by atoms with Gasteiger partial charge in [-0.3, -0.25) is 19.8 Å². The number of rotatable bonds is 18. The second kappa shape index (κ2) is 15.2. The number of carboxylic acids is 1. The van der Waals surface area contributed by atoms with Gasteiger partial charge in [-0.2, -0.15) is 0 Å². The van der Waals surface area contributed by atoms with E-state index in [1.165, 1.54) is 24.3 Å². The van der Waals surface area contributed by atoms with Crippen molar-refractivity contribution in [2.24, 2.45) is 11.5 Å². The number of carbonyl (C=O) groups is 4. The Hall–Kier alpha value is -3.98. The van der Waals surface area contributed by atoms with Crippen molar-refractivity contribution >= 4 is 39.9 Å². The molecule has 1 aromatic carbocycles. The summed E-state index contributed by atoms with van der Waals surface area (Å²) in [5, 5.41) is 23.8. The average molecular weight is 540 g/mol. The molecule has 0 unspecified atom stereocenters. The van der Waals surface area contributed by atoms with Gasteiger partial charge in [-0.1, -0.05) is 30.8 Å². The van der Waals surface area contributed by atoms with E-state index in [9.17, 15) is 27.6 Å². The molecule has 0 aliphatic heterocycles. The molecule has 0 saturated carbocycles. The third-order valence-electron chi connectivity index (χ3n) is 4.88. The fourth-order valence-corrected chi connectivity index (χ4v) is 4.44. The second-order valence-corrected chi connectivity index (χ2v) is 9.85. The van der Waals surface area contributed by atoms with Gasteiger partial charge in [0.05, 0.1) is 24.2 Å². The first kappa shape index (κ1) is 31.1. The molecule has 37 heavy (non-hydrogen) atoms. The first-order valence-electron chi connectivity index (χ1n) is 11.2. The number of nitrogen functional groups attached to an aromatic ring is 1. The number of benzene rings is 1. The van der Waals surface area contributed by atoms with Crippen molar-refractivity contribution in [2.75, 3.05) is 13.1 Å². The Kier molecular flexibility index (Phi) is 12.8. The van der Waals surface area contributed by atoms with E-state index in [0.717, 1.165) is 0 Å². The summed E-state index contributed by atoms with van der Waals surface area (Å²) in [4.78, 5) is 46.9. The molecule has 0 heterocycles. The SMILES string of the molecule is C=C(N)NCCC[C@@H](C=O)NC(=O)CNC(=O)[C@H](CCC(=O)O)NS(=O)(=O)Cc1ccc(C(=N)N)cc1. The molecule has 0 spiro atoms. The van der Waals surface area contributed by atoms with E-state index in [-0.39, 0.29) is 18.1 Å². The Bertz CT molecular complexity index is 1090. The van der Waals surface area contributed by atoms with Crippen molar-refractivity contribution in [1.82, 2.24) is 20.7 Å². The summed E-state index contributed by atoms with van der Waals surface area (Å²) in [6.45, 7) is 3.36. The molecule has 0 fully saturated rings. The third-order valence-corrected chi connectivity index (χ3v) is 6.24. The van der Waals surface area contributed by atoms with Crippen molar-refractivity contribution in [3.63, 3.8) is 0 Å². The van der Waals surface area contributed by atoms with E-state index in [1.54, 1.807) is 0 Å². The molecular weight excluding hydrogens is 506 g/mol. The molecule has 0 bridgehead atoms. The first-order valence-corrected chi connectivity index (χ1v) is 12.8. The summed E-state index contributed by atoms with van der Waals surface area (Å²) >= 11 is 0. The highest BCUT2D eigenvalue weighted by atomic mass is 32.2. The smallest absolute Gasteiger partial charge is 0.303 e. The Morgan fingerprint density at radius 3 is 2.30 bits per heavy atom. The number of nitrogens with two attached hydrogens (primary N) is 2. The zero-order valence-corrected chi connectivity index (χ0v) is 21.0. The van der Waals surface area contributed by atoms with E-state index < -0.39 is 58.6 Å². The third kappa shape index (κ3) is 13.1.